The fraction of sp³-hybridized carbons (Fsp3) is 0.167. The normalized spacial score (nSPS) is 23.2. The van der Waals surface area contributed by atoms with E-state index in [1.165, 1.54) is 18.4 Å². The maximum absolute atomic E-state index is 10.7. The van der Waals surface area contributed by atoms with Gasteiger partial charge in [0.1, 0.15) is 0 Å². The highest BCUT2D eigenvalue weighted by atomic mass is 16.4. The molecule has 0 aromatic rings. The van der Waals surface area contributed by atoms with Gasteiger partial charge < -0.3 is 5.11 Å². The number of carboxylic acid groups (broad SMARTS) is 1. The topological polar surface area (TPSA) is 66.7 Å². The third kappa shape index (κ3) is 1.10. The summed E-state index contributed by atoms with van der Waals surface area (Å²) in [7, 11) is 0. The van der Waals surface area contributed by atoms with Crippen LogP contribution in [0.1, 0.15) is 0 Å². The number of carboxylic acids is 1. The van der Waals surface area contributed by atoms with Gasteiger partial charge in [-0.3, -0.25) is 9.79 Å². The highest BCUT2D eigenvalue weighted by Gasteiger charge is 2.23. The molecule has 1 atom stereocenters. The second-order valence-corrected chi connectivity index (χ2v) is 1.80. The molecular formula is C6H5NO3. The molecule has 0 fully saturated rings. The van der Waals surface area contributed by atoms with Crippen molar-refractivity contribution < 1.29 is 14.7 Å². The van der Waals surface area contributed by atoms with Gasteiger partial charge in [-0.2, -0.15) is 0 Å². The third-order valence-corrected chi connectivity index (χ3v) is 1.09. The average Bonchev–Trinajstić information content (AvgIpc) is 1.88. The minimum absolute atomic E-state index is 0.477. The van der Waals surface area contributed by atoms with Gasteiger partial charge in [-0.05, 0) is 12.2 Å². The largest absolute Gasteiger partial charge is 0.479 e. The van der Waals surface area contributed by atoms with Gasteiger partial charge in [0, 0.05) is 6.21 Å². The minimum Gasteiger partial charge on any atom is -0.479 e. The molecule has 0 radical (unpaired) electrons. The van der Waals surface area contributed by atoms with Gasteiger partial charge in [0.05, 0.1) is 0 Å². The number of hydrogen-bond donors (Lipinski definition) is 1. The van der Waals surface area contributed by atoms with Crippen LogP contribution in [0.25, 0.3) is 0 Å². The van der Waals surface area contributed by atoms with Crippen molar-refractivity contribution in [2.75, 3.05) is 0 Å². The first-order chi connectivity index (χ1) is 4.72. The first-order valence-electron chi connectivity index (χ1n) is 2.68. The van der Waals surface area contributed by atoms with E-state index in [-0.39, 0.29) is 0 Å². The number of rotatable bonds is 1. The monoisotopic (exact) mass is 139 g/mol. The van der Waals surface area contributed by atoms with Crippen molar-refractivity contribution in [3.05, 3.63) is 12.2 Å². The van der Waals surface area contributed by atoms with Crippen LogP contribution in [0.15, 0.2) is 17.1 Å². The summed E-state index contributed by atoms with van der Waals surface area (Å²) in [6, 6.07) is -1.22. The molecule has 0 amide bonds. The second kappa shape index (κ2) is 2.43. The summed E-state index contributed by atoms with van der Waals surface area (Å²) in [5.74, 6) is -1.68. The van der Waals surface area contributed by atoms with Crippen LogP contribution >= 0.6 is 0 Å². The Hall–Kier alpha value is -1.45. The first kappa shape index (κ1) is 6.67. The molecule has 1 unspecified atom stereocenters. The van der Waals surface area contributed by atoms with Gasteiger partial charge in [-0.1, -0.05) is 0 Å². The summed E-state index contributed by atoms with van der Waals surface area (Å²) in [4.78, 5) is 24.3. The number of dihydropyridines is 1. The Kier molecular flexibility index (Phi) is 1.62. The van der Waals surface area contributed by atoms with Crippen LogP contribution in [-0.2, 0) is 9.59 Å². The van der Waals surface area contributed by atoms with Crippen molar-refractivity contribution in [3.63, 3.8) is 0 Å². The van der Waals surface area contributed by atoms with E-state index in [9.17, 15) is 9.59 Å². The maximum Gasteiger partial charge on any atom is 0.336 e. The Morgan fingerprint density at radius 1 is 1.70 bits per heavy atom. The molecule has 0 saturated carbocycles. The maximum atomic E-state index is 10.7. The molecule has 0 aromatic carbocycles. The van der Waals surface area contributed by atoms with E-state index in [2.05, 4.69) is 4.99 Å². The van der Waals surface area contributed by atoms with Gasteiger partial charge in [-0.15, -0.1) is 0 Å². The molecule has 0 aromatic heterocycles. The molecule has 1 aliphatic heterocycles. The Bertz CT molecular complexity index is 229. The molecule has 52 valence electrons. The Morgan fingerprint density at radius 3 is 2.80 bits per heavy atom. The van der Waals surface area contributed by atoms with E-state index in [0.29, 0.717) is 0 Å². The average molecular weight is 139 g/mol. The molecule has 0 aliphatic carbocycles. The molecule has 1 aliphatic rings. The standard InChI is InChI=1S/C6H5NO3/c8-4-2-1-3-7-5(4)6(9)10/h1-3,5H,(H,9,10). The van der Waals surface area contributed by atoms with E-state index in [1.807, 2.05) is 0 Å². The predicted molar refractivity (Wildman–Crippen MR) is 34.1 cm³/mol. The number of ketones is 1. The summed E-state index contributed by atoms with van der Waals surface area (Å²) < 4.78 is 0. The van der Waals surface area contributed by atoms with Crippen LogP contribution in [0.5, 0.6) is 0 Å². The van der Waals surface area contributed by atoms with Crippen LogP contribution < -0.4 is 0 Å². The van der Waals surface area contributed by atoms with Gasteiger partial charge in [-0.25, -0.2) is 4.79 Å². The third-order valence-electron chi connectivity index (χ3n) is 1.09. The van der Waals surface area contributed by atoms with E-state index in [4.69, 9.17) is 5.11 Å². The number of nitrogens with zero attached hydrogens (tertiary/aromatic N) is 1. The van der Waals surface area contributed by atoms with Crippen LogP contribution in [0.4, 0.5) is 0 Å². The van der Waals surface area contributed by atoms with Crippen molar-refractivity contribution in [2.45, 2.75) is 6.04 Å². The summed E-state index contributed by atoms with van der Waals surface area (Å²) in [5.41, 5.74) is 0. The Morgan fingerprint density at radius 2 is 2.40 bits per heavy atom. The summed E-state index contributed by atoms with van der Waals surface area (Å²) >= 11 is 0. The minimum atomic E-state index is -1.22. The fourth-order valence-corrected chi connectivity index (χ4v) is 0.624. The van der Waals surface area contributed by atoms with Crippen LogP contribution in [0, 0.1) is 0 Å². The summed E-state index contributed by atoms with van der Waals surface area (Å²) in [6.07, 6.45) is 3.92. The molecule has 0 saturated heterocycles. The number of carbonyl (C=O) groups is 2. The van der Waals surface area contributed by atoms with Crippen LogP contribution in [-0.4, -0.2) is 29.1 Å². The molecule has 1 heterocycles. The molecule has 4 nitrogen and oxygen atoms in total. The van der Waals surface area contributed by atoms with Gasteiger partial charge in [0.25, 0.3) is 0 Å². The lowest BCUT2D eigenvalue weighted by Gasteiger charge is -2.03. The van der Waals surface area contributed by atoms with E-state index >= 15 is 0 Å². The van der Waals surface area contributed by atoms with Crippen molar-refractivity contribution >= 4 is 18.0 Å². The van der Waals surface area contributed by atoms with Crippen molar-refractivity contribution in [2.24, 2.45) is 4.99 Å². The highest BCUT2D eigenvalue weighted by Crippen LogP contribution is 1.98. The first-order valence-corrected chi connectivity index (χ1v) is 2.68. The van der Waals surface area contributed by atoms with Gasteiger partial charge in [0.15, 0.2) is 5.78 Å². The van der Waals surface area contributed by atoms with Crippen LogP contribution in [0.3, 0.4) is 0 Å². The van der Waals surface area contributed by atoms with Crippen molar-refractivity contribution in [3.8, 4) is 0 Å². The molecule has 0 bridgehead atoms. The lowest BCUT2D eigenvalue weighted by atomic mass is 10.1. The van der Waals surface area contributed by atoms with E-state index < -0.39 is 17.8 Å². The molecular weight excluding hydrogens is 134 g/mol. The zero-order valence-corrected chi connectivity index (χ0v) is 5.02. The Labute approximate surface area is 56.9 Å². The zero-order chi connectivity index (χ0) is 7.56. The zero-order valence-electron chi connectivity index (χ0n) is 5.02. The van der Waals surface area contributed by atoms with Crippen molar-refractivity contribution in [1.82, 2.24) is 0 Å². The molecule has 1 rings (SSSR count). The number of allylic oxidation sites excluding steroid dienone is 1. The SMILES string of the molecule is O=C(O)C1N=CC=CC1=O. The van der Waals surface area contributed by atoms with E-state index in [0.717, 1.165) is 0 Å². The smallest absolute Gasteiger partial charge is 0.336 e. The predicted octanol–water partition coefficient (Wildman–Crippen LogP) is -0.351. The van der Waals surface area contributed by atoms with Crippen molar-refractivity contribution in [1.29, 1.82) is 0 Å². The van der Waals surface area contributed by atoms with Gasteiger partial charge >= 0.3 is 5.97 Å². The Balaban J connectivity index is 2.80. The number of hydrogen-bond acceptors (Lipinski definition) is 3. The fourth-order valence-electron chi connectivity index (χ4n) is 0.624. The number of carbonyl (C=O) groups excluding carboxylic acids is 1. The molecule has 10 heavy (non-hydrogen) atoms. The number of aliphatic imine (C=N–C) groups is 1. The lowest BCUT2D eigenvalue weighted by molar-refractivity contribution is -0.141. The molecule has 4 heteroatoms. The van der Waals surface area contributed by atoms with E-state index in [1.54, 1.807) is 0 Å². The quantitative estimate of drug-likeness (QED) is 0.505. The summed E-state index contributed by atoms with van der Waals surface area (Å²) in [6.45, 7) is 0. The summed E-state index contributed by atoms with van der Waals surface area (Å²) in [5, 5.41) is 8.34. The number of aliphatic carboxylic acids is 1. The molecule has 1 N–H and O–H groups in total. The van der Waals surface area contributed by atoms with Crippen LogP contribution in [0.2, 0.25) is 0 Å². The molecule has 0 spiro atoms. The lowest BCUT2D eigenvalue weighted by Crippen LogP contribution is -2.28. The second-order valence-electron chi connectivity index (χ2n) is 1.80. The van der Waals surface area contributed by atoms with Gasteiger partial charge in [0.2, 0.25) is 6.04 Å². The highest BCUT2D eigenvalue weighted by molar-refractivity contribution is 6.12.